The van der Waals surface area contributed by atoms with Crippen molar-refractivity contribution in [2.75, 3.05) is 31.1 Å². The maximum atomic E-state index is 13.7. The molecule has 0 amide bonds. The van der Waals surface area contributed by atoms with Gasteiger partial charge in [0, 0.05) is 65.9 Å². The number of carbonyl (C=O) groups is 1. The molecule has 1 fully saturated rings. The van der Waals surface area contributed by atoms with Crippen LogP contribution >= 0.6 is 12.4 Å². The number of nitrogens with zero attached hydrogens (tertiary/aromatic N) is 2. The fraction of sp³-hybridized carbons (Fsp3) is 0.233. The van der Waals surface area contributed by atoms with Gasteiger partial charge in [-0.3, -0.25) is 9.69 Å². The topological polar surface area (TPSA) is 77.2 Å². The van der Waals surface area contributed by atoms with Crippen molar-refractivity contribution in [1.82, 2.24) is 4.90 Å². The molecule has 0 saturated carbocycles. The lowest BCUT2D eigenvalue weighted by Crippen LogP contribution is -2.48. The molecular formula is C30H29ClN2O4. The Bertz CT molecular complexity index is 1620. The van der Waals surface area contributed by atoms with Gasteiger partial charge in [-0.05, 0) is 85.3 Å². The molecule has 37 heavy (non-hydrogen) atoms. The quantitative estimate of drug-likeness (QED) is 0.272. The van der Waals surface area contributed by atoms with Crippen LogP contribution in [0.2, 0.25) is 0 Å². The summed E-state index contributed by atoms with van der Waals surface area (Å²) in [5.74, 6) is 0.0785. The molecule has 0 aliphatic carbocycles. The number of hydrogen-bond donors (Lipinski definition) is 2. The summed E-state index contributed by atoms with van der Waals surface area (Å²) in [6, 6.07) is 20.1. The SMILES string of the molecule is CC(C)N1CCN(c2ccc(C(=O)c3cc4oc5cc(O)ccc5c4c4ccc(O)cc34)cc2)CC1.Cl. The van der Waals surface area contributed by atoms with Crippen LogP contribution in [-0.2, 0) is 0 Å². The first-order valence-corrected chi connectivity index (χ1v) is 12.3. The molecule has 1 aliphatic heterocycles. The van der Waals surface area contributed by atoms with E-state index in [2.05, 4.69) is 23.6 Å². The molecular weight excluding hydrogens is 488 g/mol. The number of ketones is 1. The lowest BCUT2D eigenvalue weighted by Gasteiger charge is -2.38. The van der Waals surface area contributed by atoms with E-state index >= 15 is 0 Å². The first-order chi connectivity index (χ1) is 17.4. The van der Waals surface area contributed by atoms with E-state index in [-0.39, 0.29) is 29.7 Å². The van der Waals surface area contributed by atoms with E-state index in [1.165, 1.54) is 0 Å². The van der Waals surface area contributed by atoms with Crippen molar-refractivity contribution in [3.05, 3.63) is 77.9 Å². The Kier molecular flexibility index (Phi) is 6.48. The molecule has 190 valence electrons. The molecule has 5 aromatic rings. The van der Waals surface area contributed by atoms with Gasteiger partial charge in [0.05, 0.1) is 0 Å². The summed E-state index contributed by atoms with van der Waals surface area (Å²) in [5.41, 5.74) is 3.28. The molecule has 7 heteroatoms. The third-order valence-electron chi connectivity index (χ3n) is 7.32. The zero-order valence-electron chi connectivity index (χ0n) is 20.8. The van der Waals surface area contributed by atoms with Crippen LogP contribution in [0.1, 0.15) is 29.8 Å². The average Bonchev–Trinajstić information content (AvgIpc) is 3.25. The third-order valence-corrected chi connectivity index (χ3v) is 7.32. The predicted molar refractivity (Wildman–Crippen MR) is 151 cm³/mol. The van der Waals surface area contributed by atoms with Crippen LogP contribution in [0.3, 0.4) is 0 Å². The second-order valence-corrected chi connectivity index (χ2v) is 9.80. The van der Waals surface area contributed by atoms with Gasteiger partial charge in [0.25, 0.3) is 0 Å². The highest BCUT2D eigenvalue weighted by Crippen LogP contribution is 2.39. The van der Waals surface area contributed by atoms with Crippen molar-refractivity contribution in [2.45, 2.75) is 19.9 Å². The summed E-state index contributed by atoms with van der Waals surface area (Å²) < 4.78 is 6.04. The Hall–Kier alpha value is -3.74. The van der Waals surface area contributed by atoms with Crippen molar-refractivity contribution in [3.63, 3.8) is 0 Å². The Morgan fingerprint density at radius 2 is 1.43 bits per heavy atom. The van der Waals surface area contributed by atoms with Crippen LogP contribution in [0.25, 0.3) is 32.7 Å². The molecule has 0 atom stereocenters. The number of hydrogen-bond acceptors (Lipinski definition) is 6. The largest absolute Gasteiger partial charge is 0.508 e. The second kappa shape index (κ2) is 9.61. The van der Waals surface area contributed by atoms with Crippen molar-refractivity contribution in [2.24, 2.45) is 0 Å². The van der Waals surface area contributed by atoms with Gasteiger partial charge in [0.15, 0.2) is 5.78 Å². The zero-order valence-corrected chi connectivity index (χ0v) is 21.6. The molecule has 6 rings (SSSR count). The first kappa shape index (κ1) is 24.9. The fourth-order valence-electron chi connectivity index (χ4n) is 5.33. The number of aromatic hydroxyl groups is 2. The molecule has 1 aliphatic rings. The lowest BCUT2D eigenvalue weighted by molar-refractivity contribution is 0.104. The van der Waals surface area contributed by atoms with E-state index in [1.54, 1.807) is 30.3 Å². The van der Waals surface area contributed by atoms with Crippen LogP contribution in [-0.4, -0.2) is 53.1 Å². The molecule has 2 N–H and O–H groups in total. The van der Waals surface area contributed by atoms with E-state index < -0.39 is 0 Å². The minimum atomic E-state index is -0.132. The maximum absolute atomic E-state index is 13.7. The van der Waals surface area contributed by atoms with E-state index in [0.717, 1.165) is 48.0 Å². The highest BCUT2D eigenvalue weighted by Gasteiger charge is 2.21. The minimum Gasteiger partial charge on any atom is -0.508 e. The van der Waals surface area contributed by atoms with Crippen molar-refractivity contribution in [3.8, 4) is 11.5 Å². The Morgan fingerprint density at radius 3 is 2.11 bits per heavy atom. The fourth-order valence-corrected chi connectivity index (χ4v) is 5.33. The number of phenolic OH excluding ortho intramolecular Hbond substituents is 2. The summed E-state index contributed by atoms with van der Waals surface area (Å²) in [6.45, 7) is 8.45. The van der Waals surface area contributed by atoms with Gasteiger partial charge in [0.2, 0.25) is 0 Å². The predicted octanol–water partition coefficient (Wildman–Crippen LogP) is 6.33. The molecule has 0 unspecified atom stereocenters. The molecule has 0 radical (unpaired) electrons. The van der Waals surface area contributed by atoms with Crippen LogP contribution in [0.4, 0.5) is 5.69 Å². The van der Waals surface area contributed by atoms with Crippen LogP contribution in [0.15, 0.2) is 71.1 Å². The van der Waals surface area contributed by atoms with Gasteiger partial charge in [-0.2, -0.15) is 0 Å². The van der Waals surface area contributed by atoms with Crippen LogP contribution < -0.4 is 4.90 Å². The summed E-state index contributed by atoms with van der Waals surface area (Å²) in [7, 11) is 0. The Labute approximate surface area is 221 Å². The summed E-state index contributed by atoms with van der Waals surface area (Å²) >= 11 is 0. The van der Waals surface area contributed by atoms with Gasteiger partial charge < -0.3 is 19.5 Å². The second-order valence-electron chi connectivity index (χ2n) is 9.80. The van der Waals surface area contributed by atoms with Crippen LogP contribution in [0, 0.1) is 0 Å². The molecule has 1 aromatic heterocycles. The molecule has 2 heterocycles. The number of anilines is 1. The summed E-state index contributed by atoms with van der Waals surface area (Å²) in [5, 5.41) is 23.3. The van der Waals surface area contributed by atoms with Crippen molar-refractivity contribution >= 4 is 56.6 Å². The number of furan rings is 1. The number of phenols is 2. The maximum Gasteiger partial charge on any atom is 0.193 e. The van der Waals surface area contributed by atoms with E-state index in [9.17, 15) is 15.0 Å². The van der Waals surface area contributed by atoms with Crippen molar-refractivity contribution < 1.29 is 19.4 Å². The number of benzene rings is 4. The van der Waals surface area contributed by atoms with Gasteiger partial charge in [-0.1, -0.05) is 0 Å². The highest BCUT2D eigenvalue weighted by atomic mass is 35.5. The van der Waals surface area contributed by atoms with Gasteiger partial charge in [0.1, 0.15) is 22.7 Å². The molecule has 0 spiro atoms. The summed E-state index contributed by atoms with van der Waals surface area (Å²) in [4.78, 5) is 18.5. The number of rotatable bonds is 4. The lowest BCUT2D eigenvalue weighted by atomic mass is 9.94. The zero-order chi connectivity index (χ0) is 25.0. The van der Waals surface area contributed by atoms with E-state index in [1.807, 2.05) is 36.4 Å². The number of piperazine rings is 1. The standard InChI is InChI=1S/C30H28N2O4.ClH/c1-18(2)31-11-13-32(14-12-31)20-5-3-19(4-6-20)30(35)26-17-28-29(23-9-7-21(33)15-25(23)26)24-10-8-22(34)16-27(24)36-28;/h3-10,15-18,33-34H,11-14H2,1-2H3;1H. The molecule has 0 bridgehead atoms. The summed E-state index contributed by atoms with van der Waals surface area (Å²) in [6.07, 6.45) is 0. The normalized spacial score (nSPS) is 14.5. The van der Waals surface area contributed by atoms with Gasteiger partial charge in [-0.15, -0.1) is 12.4 Å². The molecule has 6 nitrogen and oxygen atoms in total. The first-order valence-electron chi connectivity index (χ1n) is 12.3. The monoisotopic (exact) mass is 516 g/mol. The van der Waals surface area contributed by atoms with E-state index in [0.29, 0.717) is 33.7 Å². The molecule has 4 aromatic carbocycles. The smallest absolute Gasteiger partial charge is 0.193 e. The number of fused-ring (bicyclic) bond motifs is 5. The van der Waals surface area contributed by atoms with Gasteiger partial charge in [-0.25, -0.2) is 0 Å². The highest BCUT2D eigenvalue weighted by molar-refractivity contribution is 6.26. The van der Waals surface area contributed by atoms with Gasteiger partial charge >= 0.3 is 0 Å². The number of carbonyl (C=O) groups excluding carboxylic acids is 1. The average molecular weight is 517 g/mol. The third kappa shape index (κ3) is 4.37. The van der Waals surface area contributed by atoms with Crippen LogP contribution in [0.5, 0.6) is 11.5 Å². The minimum absolute atomic E-state index is 0. The Morgan fingerprint density at radius 1 is 0.784 bits per heavy atom. The molecule has 1 saturated heterocycles. The number of halogens is 1. The Balaban J connectivity index is 0.00000280. The van der Waals surface area contributed by atoms with E-state index in [4.69, 9.17) is 4.42 Å². The van der Waals surface area contributed by atoms with Crippen molar-refractivity contribution in [1.29, 1.82) is 0 Å².